The molecule has 0 radical (unpaired) electrons. The highest BCUT2D eigenvalue weighted by Crippen LogP contribution is 2.36. The van der Waals surface area contributed by atoms with Crippen LogP contribution in [0.4, 0.5) is 0 Å². The Hall–Kier alpha value is -2.73. The summed E-state index contributed by atoms with van der Waals surface area (Å²) in [6.45, 7) is 0. The SMILES string of the molecule is COc1cc2c(-c3cn(C)nc3-c3ccccc3)ncnc2cc1Br. The number of rotatable bonds is 3. The topological polar surface area (TPSA) is 52.8 Å². The first-order valence-electron chi connectivity index (χ1n) is 7.75. The summed E-state index contributed by atoms with van der Waals surface area (Å²) in [6, 6.07) is 14.0. The van der Waals surface area contributed by atoms with Crippen molar-refractivity contribution in [2.24, 2.45) is 7.05 Å². The molecule has 4 aromatic rings. The van der Waals surface area contributed by atoms with E-state index in [0.717, 1.165) is 43.6 Å². The maximum atomic E-state index is 5.44. The lowest BCUT2D eigenvalue weighted by atomic mass is 10.0. The van der Waals surface area contributed by atoms with Gasteiger partial charge in [0.25, 0.3) is 0 Å². The summed E-state index contributed by atoms with van der Waals surface area (Å²) in [5.74, 6) is 0.744. The van der Waals surface area contributed by atoms with Crippen LogP contribution in [-0.2, 0) is 7.05 Å². The molecule has 0 spiro atoms. The van der Waals surface area contributed by atoms with E-state index in [-0.39, 0.29) is 0 Å². The van der Waals surface area contributed by atoms with Gasteiger partial charge in [0.15, 0.2) is 0 Å². The molecule has 2 heterocycles. The Labute approximate surface area is 153 Å². The molecule has 25 heavy (non-hydrogen) atoms. The number of nitrogens with zero attached hydrogens (tertiary/aromatic N) is 4. The summed E-state index contributed by atoms with van der Waals surface area (Å²) >= 11 is 3.51. The van der Waals surface area contributed by atoms with E-state index in [0.29, 0.717) is 0 Å². The molecule has 0 saturated carbocycles. The third-order valence-corrected chi connectivity index (χ3v) is 4.66. The maximum absolute atomic E-state index is 5.44. The van der Waals surface area contributed by atoms with E-state index in [1.165, 1.54) is 0 Å². The summed E-state index contributed by atoms with van der Waals surface area (Å²) in [5.41, 5.74) is 4.59. The molecular formula is C19H15BrN4O. The molecule has 4 rings (SSSR count). The average Bonchev–Trinajstić information content (AvgIpc) is 3.03. The van der Waals surface area contributed by atoms with Crippen molar-refractivity contribution >= 4 is 26.8 Å². The first kappa shape index (κ1) is 15.8. The van der Waals surface area contributed by atoms with Crippen LogP contribution < -0.4 is 4.74 Å². The van der Waals surface area contributed by atoms with Crippen LogP contribution in [-0.4, -0.2) is 26.9 Å². The normalized spacial score (nSPS) is 11.0. The first-order chi connectivity index (χ1) is 12.2. The van der Waals surface area contributed by atoms with Crippen molar-refractivity contribution in [3.63, 3.8) is 0 Å². The Balaban J connectivity index is 2.00. The predicted molar refractivity (Wildman–Crippen MR) is 101 cm³/mol. The zero-order chi connectivity index (χ0) is 17.4. The minimum Gasteiger partial charge on any atom is -0.496 e. The largest absolute Gasteiger partial charge is 0.496 e. The van der Waals surface area contributed by atoms with Gasteiger partial charge in [-0.2, -0.15) is 5.10 Å². The molecule has 0 aliphatic rings. The highest BCUT2D eigenvalue weighted by molar-refractivity contribution is 9.10. The number of halogens is 1. The Morgan fingerprint density at radius 1 is 1.04 bits per heavy atom. The lowest BCUT2D eigenvalue weighted by Gasteiger charge is -2.09. The Kier molecular flexibility index (Phi) is 3.97. The van der Waals surface area contributed by atoms with Gasteiger partial charge in [-0.1, -0.05) is 30.3 Å². The third-order valence-electron chi connectivity index (χ3n) is 4.04. The van der Waals surface area contributed by atoms with Crippen molar-refractivity contribution in [2.75, 3.05) is 7.11 Å². The molecular weight excluding hydrogens is 380 g/mol. The van der Waals surface area contributed by atoms with Crippen LogP contribution in [0.15, 0.2) is 59.5 Å². The van der Waals surface area contributed by atoms with Gasteiger partial charge in [-0.15, -0.1) is 0 Å². The van der Waals surface area contributed by atoms with E-state index in [2.05, 4.69) is 31.0 Å². The fourth-order valence-corrected chi connectivity index (χ4v) is 3.39. The van der Waals surface area contributed by atoms with Crippen molar-refractivity contribution in [3.8, 4) is 28.3 Å². The van der Waals surface area contributed by atoms with Crippen molar-refractivity contribution < 1.29 is 4.74 Å². The summed E-state index contributed by atoms with van der Waals surface area (Å²) in [4.78, 5) is 8.94. The van der Waals surface area contributed by atoms with Crippen molar-refractivity contribution in [3.05, 3.63) is 59.5 Å². The van der Waals surface area contributed by atoms with E-state index >= 15 is 0 Å². The maximum Gasteiger partial charge on any atom is 0.133 e. The molecule has 0 saturated heterocycles. The molecule has 124 valence electrons. The average molecular weight is 395 g/mol. The molecule has 0 amide bonds. The molecule has 0 bridgehead atoms. The van der Waals surface area contributed by atoms with E-state index in [9.17, 15) is 0 Å². The summed E-state index contributed by atoms with van der Waals surface area (Å²) < 4.78 is 8.11. The summed E-state index contributed by atoms with van der Waals surface area (Å²) in [5, 5.41) is 5.56. The van der Waals surface area contributed by atoms with Crippen LogP contribution in [0.1, 0.15) is 0 Å². The van der Waals surface area contributed by atoms with Gasteiger partial charge in [0.1, 0.15) is 17.8 Å². The van der Waals surface area contributed by atoms with Gasteiger partial charge in [0.2, 0.25) is 0 Å². The van der Waals surface area contributed by atoms with Crippen LogP contribution in [0.3, 0.4) is 0 Å². The number of ether oxygens (including phenoxy) is 1. The lowest BCUT2D eigenvalue weighted by molar-refractivity contribution is 0.413. The Morgan fingerprint density at radius 2 is 1.84 bits per heavy atom. The quantitative estimate of drug-likeness (QED) is 0.514. The number of hydrogen-bond donors (Lipinski definition) is 0. The van der Waals surface area contributed by atoms with Gasteiger partial charge in [-0.05, 0) is 28.1 Å². The molecule has 2 aromatic heterocycles. The van der Waals surface area contributed by atoms with Gasteiger partial charge < -0.3 is 4.74 Å². The molecule has 0 unspecified atom stereocenters. The molecule has 0 aliphatic carbocycles. The van der Waals surface area contributed by atoms with E-state index in [1.54, 1.807) is 13.4 Å². The molecule has 6 heteroatoms. The van der Waals surface area contributed by atoms with Crippen LogP contribution in [0.25, 0.3) is 33.4 Å². The summed E-state index contributed by atoms with van der Waals surface area (Å²) in [6.07, 6.45) is 3.57. The van der Waals surface area contributed by atoms with Crippen molar-refractivity contribution in [2.45, 2.75) is 0 Å². The van der Waals surface area contributed by atoms with Gasteiger partial charge >= 0.3 is 0 Å². The van der Waals surface area contributed by atoms with Crippen LogP contribution in [0, 0.1) is 0 Å². The van der Waals surface area contributed by atoms with Crippen molar-refractivity contribution in [1.82, 2.24) is 19.7 Å². The third kappa shape index (κ3) is 2.78. The van der Waals surface area contributed by atoms with Gasteiger partial charge in [0, 0.05) is 29.8 Å². The molecule has 0 N–H and O–H groups in total. The molecule has 0 aliphatic heterocycles. The smallest absolute Gasteiger partial charge is 0.133 e. The lowest BCUT2D eigenvalue weighted by Crippen LogP contribution is -1.92. The molecule has 2 aromatic carbocycles. The minimum absolute atomic E-state index is 0.744. The zero-order valence-corrected chi connectivity index (χ0v) is 15.4. The van der Waals surface area contributed by atoms with E-state index in [4.69, 9.17) is 4.74 Å². The fraction of sp³-hybridized carbons (Fsp3) is 0.105. The second-order valence-electron chi connectivity index (χ2n) is 5.66. The van der Waals surface area contributed by atoms with Crippen molar-refractivity contribution in [1.29, 1.82) is 0 Å². The number of aryl methyl sites for hydroxylation is 1. The molecule has 0 atom stereocenters. The van der Waals surface area contributed by atoms with Gasteiger partial charge in [-0.25, -0.2) is 9.97 Å². The number of benzene rings is 2. The first-order valence-corrected chi connectivity index (χ1v) is 8.54. The fourth-order valence-electron chi connectivity index (χ4n) is 2.90. The van der Waals surface area contributed by atoms with E-state index < -0.39 is 0 Å². The number of hydrogen-bond acceptors (Lipinski definition) is 4. The number of fused-ring (bicyclic) bond motifs is 1. The highest BCUT2D eigenvalue weighted by atomic mass is 79.9. The van der Waals surface area contributed by atoms with Gasteiger partial charge in [-0.3, -0.25) is 4.68 Å². The van der Waals surface area contributed by atoms with Crippen LogP contribution >= 0.6 is 15.9 Å². The zero-order valence-electron chi connectivity index (χ0n) is 13.8. The standard InChI is InChI=1S/C19H15BrN4O/c1-24-10-14(18(23-24)12-6-4-3-5-7-12)19-13-8-17(25-2)15(20)9-16(13)21-11-22-19/h3-11H,1-2H3. The molecule has 5 nitrogen and oxygen atoms in total. The Bertz CT molecular complexity index is 1060. The minimum atomic E-state index is 0.744. The second kappa shape index (κ2) is 6.29. The van der Waals surface area contributed by atoms with Crippen LogP contribution in [0.5, 0.6) is 5.75 Å². The Morgan fingerprint density at radius 3 is 2.60 bits per heavy atom. The second-order valence-corrected chi connectivity index (χ2v) is 6.51. The molecule has 0 fully saturated rings. The number of methoxy groups -OCH3 is 1. The predicted octanol–water partition coefficient (Wildman–Crippen LogP) is 4.47. The van der Waals surface area contributed by atoms with Crippen LogP contribution in [0.2, 0.25) is 0 Å². The van der Waals surface area contributed by atoms with E-state index in [1.807, 2.05) is 60.4 Å². The summed E-state index contributed by atoms with van der Waals surface area (Å²) in [7, 11) is 3.56. The number of aromatic nitrogens is 4. The van der Waals surface area contributed by atoms with Gasteiger partial charge in [0.05, 0.1) is 22.8 Å². The monoisotopic (exact) mass is 394 g/mol. The highest BCUT2D eigenvalue weighted by Gasteiger charge is 2.17.